The lowest BCUT2D eigenvalue weighted by atomic mass is 10.0. The molecule has 0 radical (unpaired) electrons. The number of carbonyl (C=O) groups excluding carboxylic acids is 1. The van der Waals surface area contributed by atoms with Crippen molar-refractivity contribution in [3.63, 3.8) is 0 Å². The van der Waals surface area contributed by atoms with Gasteiger partial charge in [0.1, 0.15) is 11.6 Å². The summed E-state index contributed by atoms with van der Waals surface area (Å²) in [6, 6.07) is 2.80. The van der Waals surface area contributed by atoms with Gasteiger partial charge in [0, 0.05) is 5.56 Å². The van der Waals surface area contributed by atoms with Crippen LogP contribution >= 0.6 is 0 Å². The third-order valence-electron chi connectivity index (χ3n) is 3.49. The molecule has 1 atom stereocenters. The number of benzene rings is 1. The van der Waals surface area contributed by atoms with E-state index < -0.39 is 17.7 Å². The fourth-order valence-electron chi connectivity index (χ4n) is 2.14. The summed E-state index contributed by atoms with van der Waals surface area (Å²) in [5.74, 6) is -0.489. The number of amides is 1. The molecule has 0 spiro atoms. The molecule has 1 unspecified atom stereocenters. The molecule has 110 valence electrons. The molecule has 20 heavy (non-hydrogen) atoms. The lowest BCUT2D eigenvalue weighted by molar-refractivity contribution is -0.121. The highest BCUT2D eigenvalue weighted by Gasteiger charge is 2.21. The minimum Gasteiger partial charge on any atom is -0.348 e. The van der Waals surface area contributed by atoms with E-state index in [1.165, 1.54) is 12.8 Å². The van der Waals surface area contributed by atoms with Gasteiger partial charge in [-0.15, -0.1) is 0 Å². The first-order chi connectivity index (χ1) is 9.60. The Bertz CT molecular complexity index is 475. The second-order valence-corrected chi connectivity index (χ2v) is 5.27. The standard InChI is InChI=1S/C15H20F2N2O/c1-2-14(12-7-11(16)5-6-13(12)17)19-15(20)9-18-8-10-3-4-10/h5-7,10,14,18H,2-4,8-9H2,1H3,(H,19,20). The molecular formula is C15H20F2N2O. The zero-order valence-electron chi connectivity index (χ0n) is 11.6. The van der Waals surface area contributed by atoms with E-state index in [9.17, 15) is 13.6 Å². The molecule has 5 heteroatoms. The molecular weight excluding hydrogens is 262 g/mol. The van der Waals surface area contributed by atoms with Crippen LogP contribution in [0.4, 0.5) is 8.78 Å². The first-order valence-corrected chi connectivity index (χ1v) is 7.05. The molecule has 0 heterocycles. The number of hydrogen-bond acceptors (Lipinski definition) is 2. The second-order valence-electron chi connectivity index (χ2n) is 5.27. The van der Waals surface area contributed by atoms with E-state index in [1.54, 1.807) is 0 Å². The van der Waals surface area contributed by atoms with E-state index in [1.807, 2.05) is 6.92 Å². The molecule has 1 amide bonds. The molecule has 1 saturated carbocycles. The van der Waals surface area contributed by atoms with E-state index >= 15 is 0 Å². The molecule has 2 rings (SSSR count). The lowest BCUT2D eigenvalue weighted by Crippen LogP contribution is -2.37. The number of nitrogens with one attached hydrogen (secondary N) is 2. The molecule has 2 N–H and O–H groups in total. The van der Waals surface area contributed by atoms with Crippen LogP contribution in [0.5, 0.6) is 0 Å². The van der Waals surface area contributed by atoms with Gasteiger partial charge in [-0.05, 0) is 49.9 Å². The van der Waals surface area contributed by atoms with E-state index in [4.69, 9.17) is 0 Å². The molecule has 1 aromatic rings. The molecule has 0 saturated heterocycles. The molecule has 0 bridgehead atoms. The predicted molar refractivity (Wildman–Crippen MR) is 73.1 cm³/mol. The van der Waals surface area contributed by atoms with Gasteiger partial charge in [0.15, 0.2) is 0 Å². The Balaban J connectivity index is 1.89. The van der Waals surface area contributed by atoms with Gasteiger partial charge in [-0.2, -0.15) is 0 Å². The van der Waals surface area contributed by atoms with Crippen LogP contribution < -0.4 is 10.6 Å². The van der Waals surface area contributed by atoms with Crippen LogP contribution in [0.1, 0.15) is 37.8 Å². The number of hydrogen-bond donors (Lipinski definition) is 2. The zero-order valence-corrected chi connectivity index (χ0v) is 11.6. The highest BCUT2D eigenvalue weighted by Crippen LogP contribution is 2.27. The van der Waals surface area contributed by atoms with Crippen LogP contribution in [0.25, 0.3) is 0 Å². The first-order valence-electron chi connectivity index (χ1n) is 7.05. The molecule has 1 aromatic carbocycles. The second kappa shape index (κ2) is 6.79. The molecule has 1 fully saturated rings. The fraction of sp³-hybridized carbons (Fsp3) is 0.533. The quantitative estimate of drug-likeness (QED) is 0.807. The van der Waals surface area contributed by atoms with Crippen molar-refractivity contribution in [2.45, 2.75) is 32.2 Å². The van der Waals surface area contributed by atoms with Crippen molar-refractivity contribution in [2.24, 2.45) is 5.92 Å². The van der Waals surface area contributed by atoms with Gasteiger partial charge in [-0.3, -0.25) is 4.79 Å². The summed E-state index contributed by atoms with van der Waals surface area (Å²) in [5.41, 5.74) is 0.197. The first kappa shape index (κ1) is 14.9. The SMILES string of the molecule is CCC(NC(=O)CNCC1CC1)c1cc(F)ccc1F. The minimum absolute atomic E-state index is 0.193. The van der Waals surface area contributed by atoms with Gasteiger partial charge in [0.25, 0.3) is 0 Å². The van der Waals surface area contributed by atoms with Crippen molar-refractivity contribution in [1.82, 2.24) is 10.6 Å². The third kappa shape index (κ3) is 4.27. The van der Waals surface area contributed by atoms with E-state index in [-0.39, 0.29) is 18.0 Å². The summed E-state index contributed by atoms with van der Waals surface area (Å²) < 4.78 is 26.9. The molecule has 3 nitrogen and oxygen atoms in total. The predicted octanol–water partition coefficient (Wildman–Crippen LogP) is 2.53. The van der Waals surface area contributed by atoms with Gasteiger partial charge in [0.05, 0.1) is 12.6 Å². The summed E-state index contributed by atoms with van der Waals surface area (Å²) in [7, 11) is 0. The molecule has 0 aromatic heterocycles. The number of rotatable bonds is 7. The average Bonchev–Trinajstić information content (AvgIpc) is 3.23. The van der Waals surface area contributed by atoms with Crippen molar-refractivity contribution >= 4 is 5.91 Å². The van der Waals surface area contributed by atoms with Crippen LogP contribution in [0.2, 0.25) is 0 Å². The zero-order chi connectivity index (χ0) is 14.5. The monoisotopic (exact) mass is 282 g/mol. The summed E-state index contributed by atoms with van der Waals surface area (Å²) in [6.07, 6.45) is 2.95. The Hall–Kier alpha value is -1.49. The van der Waals surface area contributed by atoms with Crippen molar-refractivity contribution in [2.75, 3.05) is 13.1 Å². The van der Waals surface area contributed by atoms with Crippen molar-refractivity contribution in [3.8, 4) is 0 Å². The van der Waals surface area contributed by atoms with E-state index in [0.29, 0.717) is 12.3 Å². The lowest BCUT2D eigenvalue weighted by Gasteiger charge is -2.18. The fourth-order valence-corrected chi connectivity index (χ4v) is 2.14. The Kier molecular flexibility index (Phi) is 5.06. The Morgan fingerprint density at radius 3 is 2.80 bits per heavy atom. The Morgan fingerprint density at radius 1 is 1.40 bits per heavy atom. The Labute approximate surface area is 117 Å². The topological polar surface area (TPSA) is 41.1 Å². The van der Waals surface area contributed by atoms with E-state index in [0.717, 1.165) is 24.7 Å². The molecule has 1 aliphatic rings. The molecule has 1 aliphatic carbocycles. The van der Waals surface area contributed by atoms with Gasteiger partial charge in [-0.1, -0.05) is 6.92 Å². The van der Waals surface area contributed by atoms with Gasteiger partial charge in [-0.25, -0.2) is 8.78 Å². The summed E-state index contributed by atoms with van der Waals surface area (Å²) in [6.45, 7) is 2.88. The molecule has 0 aliphatic heterocycles. The van der Waals surface area contributed by atoms with Crippen molar-refractivity contribution < 1.29 is 13.6 Å². The van der Waals surface area contributed by atoms with E-state index in [2.05, 4.69) is 10.6 Å². The number of carbonyl (C=O) groups is 1. The van der Waals surface area contributed by atoms with Gasteiger partial charge >= 0.3 is 0 Å². The maximum atomic E-state index is 13.7. The summed E-state index contributed by atoms with van der Waals surface area (Å²) >= 11 is 0. The van der Waals surface area contributed by atoms with Crippen LogP contribution in [0.3, 0.4) is 0 Å². The van der Waals surface area contributed by atoms with Gasteiger partial charge < -0.3 is 10.6 Å². The van der Waals surface area contributed by atoms with Crippen molar-refractivity contribution in [1.29, 1.82) is 0 Å². The van der Waals surface area contributed by atoms with Gasteiger partial charge in [0.2, 0.25) is 5.91 Å². The van der Waals surface area contributed by atoms with Crippen LogP contribution in [0, 0.1) is 17.6 Å². The van der Waals surface area contributed by atoms with Crippen LogP contribution in [-0.2, 0) is 4.79 Å². The summed E-state index contributed by atoms with van der Waals surface area (Å²) in [4.78, 5) is 11.8. The highest BCUT2D eigenvalue weighted by atomic mass is 19.1. The third-order valence-corrected chi connectivity index (χ3v) is 3.49. The normalized spacial score (nSPS) is 15.9. The highest BCUT2D eigenvalue weighted by molar-refractivity contribution is 5.78. The van der Waals surface area contributed by atoms with Crippen molar-refractivity contribution in [3.05, 3.63) is 35.4 Å². The summed E-state index contributed by atoms with van der Waals surface area (Å²) in [5, 5.41) is 5.81. The Morgan fingerprint density at radius 2 is 2.15 bits per heavy atom. The van der Waals surface area contributed by atoms with Crippen LogP contribution in [0.15, 0.2) is 18.2 Å². The number of halogens is 2. The smallest absolute Gasteiger partial charge is 0.234 e. The minimum atomic E-state index is -0.499. The average molecular weight is 282 g/mol. The maximum absolute atomic E-state index is 13.7. The largest absolute Gasteiger partial charge is 0.348 e. The van der Waals surface area contributed by atoms with Crippen LogP contribution in [-0.4, -0.2) is 19.0 Å². The maximum Gasteiger partial charge on any atom is 0.234 e.